The van der Waals surface area contributed by atoms with Gasteiger partial charge in [0, 0.05) is 31.6 Å². The van der Waals surface area contributed by atoms with Crippen LogP contribution < -0.4 is 15.2 Å². The van der Waals surface area contributed by atoms with Crippen LogP contribution in [0, 0.1) is 5.92 Å². The van der Waals surface area contributed by atoms with E-state index >= 15 is 0 Å². The lowest BCUT2D eigenvalue weighted by Crippen LogP contribution is -2.48. The summed E-state index contributed by atoms with van der Waals surface area (Å²) in [7, 11) is 2.04. The maximum absolute atomic E-state index is 13.3. The van der Waals surface area contributed by atoms with Crippen molar-refractivity contribution in [3.05, 3.63) is 89.5 Å². The molecule has 2 N–H and O–H groups in total. The monoisotopic (exact) mass is 501 g/mol. The van der Waals surface area contributed by atoms with Gasteiger partial charge < -0.3 is 20.1 Å². The molecule has 0 saturated carbocycles. The van der Waals surface area contributed by atoms with Gasteiger partial charge in [0.1, 0.15) is 23.4 Å². The molecular formula is C30H35N3O4. The standard InChI is InChI=1S/C30H35N3O4/c1-20(2)33-17-21(3)27(37-28-25(29(31)34)11-8-12-26(28)30(33)35)19-32(4)18-22-13-15-24(16-14-22)36-23-9-6-5-7-10-23/h5-16,20-21,27H,17-19H2,1-4H3,(H2,31,34). The fraction of sp³-hybridized carbons (Fsp3) is 0.333. The van der Waals surface area contributed by atoms with Gasteiger partial charge in [0.25, 0.3) is 11.8 Å². The number of carbonyl (C=O) groups excluding carboxylic acids is 2. The number of likely N-dealkylation sites (N-methyl/N-ethyl adjacent to an activating group) is 1. The first-order valence-corrected chi connectivity index (χ1v) is 12.6. The predicted molar refractivity (Wildman–Crippen MR) is 144 cm³/mol. The summed E-state index contributed by atoms with van der Waals surface area (Å²) in [6.45, 7) is 7.94. The summed E-state index contributed by atoms with van der Waals surface area (Å²) in [5.41, 5.74) is 7.39. The van der Waals surface area contributed by atoms with Gasteiger partial charge in [-0.15, -0.1) is 0 Å². The SMILES string of the molecule is CC1CN(C(C)C)C(=O)c2cccc(C(N)=O)c2OC1CN(C)Cc1ccc(Oc2ccccc2)cc1. The van der Waals surface area contributed by atoms with Crippen LogP contribution in [0.3, 0.4) is 0 Å². The van der Waals surface area contributed by atoms with E-state index in [2.05, 4.69) is 24.0 Å². The highest BCUT2D eigenvalue weighted by atomic mass is 16.5. The van der Waals surface area contributed by atoms with Crippen LogP contribution in [0.2, 0.25) is 0 Å². The Balaban J connectivity index is 1.51. The number of benzene rings is 3. The van der Waals surface area contributed by atoms with E-state index in [9.17, 15) is 9.59 Å². The molecule has 2 unspecified atom stereocenters. The van der Waals surface area contributed by atoms with Crippen molar-refractivity contribution in [1.29, 1.82) is 0 Å². The number of nitrogens with zero attached hydrogens (tertiary/aromatic N) is 2. The molecule has 2 atom stereocenters. The minimum Gasteiger partial charge on any atom is -0.487 e. The number of hydrogen-bond donors (Lipinski definition) is 1. The Morgan fingerprint density at radius 3 is 2.38 bits per heavy atom. The fourth-order valence-corrected chi connectivity index (χ4v) is 4.59. The number of rotatable bonds is 8. The van der Waals surface area contributed by atoms with E-state index in [1.165, 1.54) is 0 Å². The van der Waals surface area contributed by atoms with Crippen LogP contribution in [0.15, 0.2) is 72.8 Å². The second-order valence-corrected chi connectivity index (χ2v) is 9.99. The normalized spacial score (nSPS) is 17.7. The maximum atomic E-state index is 13.3. The zero-order chi connectivity index (χ0) is 26.5. The number of fused-ring (bicyclic) bond motifs is 1. The van der Waals surface area contributed by atoms with Crippen molar-refractivity contribution in [3.63, 3.8) is 0 Å². The molecule has 1 heterocycles. The molecule has 7 nitrogen and oxygen atoms in total. The molecule has 7 heteroatoms. The van der Waals surface area contributed by atoms with Crippen LogP contribution in [-0.2, 0) is 6.54 Å². The second-order valence-electron chi connectivity index (χ2n) is 9.99. The summed E-state index contributed by atoms with van der Waals surface area (Å²) >= 11 is 0. The van der Waals surface area contributed by atoms with Crippen LogP contribution in [0.25, 0.3) is 0 Å². The molecule has 4 rings (SSSR count). The van der Waals surface area contributed by atoms with Crippen molar-refractivity contribution >= 4 is 11.8 Å². The molecule has 0 aliphatic carbocycles. The van der Waals surface area contributed by atoms with Crippen LogP contribution in [0.1, 0.15) is 47.1 Å². The number of hydrogen-bond acceptors (Lipinski definition) is 5. The largest absolute Gasteiger partial charge is 0.487 e. The molecule has 37 heavy (non-hydrogen) atoms. The Labute approximate surface area is 218 Å². The third kappa shape index (κ3) is 6.30. The van der Waals surface area contributed by atoms with Crippen molar-refractivity contribution < 1.29 is 19.1 Å². The van der Waals surface area contributed by atoms with Crippen LogP contribution in [0.4, 0.5) is 0 Å². The third-order valence-electron chi connectivity index (χ3n) is 6.63. The van der Waals surface area contributed by atoms with Gasteiger partial charge in [-0.3, -0.25) is 14.5 Å². The molecule has 0 aromatic heterocycles. The summed E-state index contributed by atoms with van der Waals surface area (Å²) in [6.07, 6.45) is -0.251. The van der Waals surface area contributed by atoms with Gasteiger partial charge in [-0.05, 0) is 62.9 Å². The zero-order valence-electron chi connectivity index (χ0n) is 21.9. The Morgan fingerprint density at radius 2 is 1.73 bits per heavy atom. The van der Waals surface area contributed by atoms with Gasteiger partial charge in [-0.25, -0.2) is 0 Å². The van der Waals surface area contributed by atoms with E-state index in [0.717, 1.165) is 17.1 Å². The average Bonchev–Trinajstić information content (AvgIpc) is 2.87. The highest BCUT2D eigenvalue weighted by Crippen LogP contribution is 2.31. The molecule has 194 valence electrons. The molecule has 2 amide bonds. The van der Waals surface area contributed by atoms with Gasteiger partial charge in [0.15, 0.2) is 0 Å². The smallest absolute Gasteiger partial charge is 0.257 e. The van der Waals surface area contributed by atoms with Crippen LogP contribution in [0.5, 0.6) is 17.2 Å². The Kier molecular flexibility index (Phi) is 8.14. The first kappa shape index (κ1) is 26.2. The maximum Gasteiger partial charge on any atom is 0.257 e. The number of carbonyl (C=O) groups is 2. The van der Waals surface area contributed by atoms with Crippen molar-refractivity contribution in [2.75, 3.05) is 20.1 Å². The summed E-state index contributed by atoms with van der Waals surface area (Å²) in [6, 6.07) is 22.7. The number of nitrogens with two attached hydrogens (primary N) is 1. The highest BCUT2D eigenvalue weighted by Gasteiger charge is 2.34. The van der Waals surface area contributed by atoms with Crippen LogP contribution in [-0.4, -0.2) is 53.9 Å². The lowest BCUT2D eigenvalue weighted by Gasteiger charge is -2.38. The molecule has 1 aliphatic rings. The Hall–Kier alpha value is -3.84. The van der Waals surface area contributed by atoms with Gasteiger partial charge in [0.2, 0.25) is 0 Å². The minimum absolute atomic E-state index is 0.00753. The lowest BCUT2D eigenvalue weighted by molar-refractivity contribution is 0.0427. The summed E-state index contributed by atoms with van der Waals surface area (Å²) < 4.78 is 12.3. The van der Waals surface area contributed by atoms with Gasteiger partial charge in [0.05, 0.1) is 11.1 Å². The first-order chi connectivity index (χ1) is 17.7. The fourth-order valence-electron chi connectivity index (χ4n) is 4.59. The molecule has 1 aliphatic heterocycles. The van der Waals surface area contributed by atoms with E-state index in [1.54, 1.807) is 18.2 Å². The molecule has 0 fully saturated rings. The molecular weight excluding hydrogens is 466 g/mol. The van der Waals surface area contributed by atoms with Crippen molar-refractivity contribution in [2.45, 2.75) is 39.5 Å². The summed E-state index contributed by atoms with van der Waals surface area (Å²) in [5, 5.41) is 0. The van der Waals surface area contributed by atoms with Crippen molar-refractivity contribution in [1.82, 2.24) is 9.80 Å². The number of para-hydroxylation sites is 2. The van der Waals surface area contributed by atoms with Crippen molar-refractivity contribution in [2.24, 2.45) is 11.7 Å². The topological polar surface area (TPSA) is 85.1 Å². The zero-order valence-corrected chi connectivity index (χ0v) is 21.9. The predicted octanol–water partition coefficient (Wildman–Crippen LogP) is 4.96. The van der Waals surface area contributed by atoms with E-state index in [0.29, 0.717) is 25.2 Å². The number of primary amides is 1. The molecule has 0 radical (unpaired) electrons. The molecule has 0 bridgehead atoms. The Bertz CT molecular complexity index is 1230. The molecule has 0 saturated heterocycles. The van der Waals surface area contributed by atoms with Gasteiger partial charge in [-0.2, -0.15) is 0 Å². The molecule has 3 aromatic carbocycles. The molecule has 0 spiro atoms. The summed E-state index contributed by atoms with van der Waals surface area (Å²) in [5.74, 6) is 1.13. The van der Waals surface area contributed by atoms with Gasteiger partial charge >= 0.3 is 0 Å². The van der Waals surface area contributed by atoms with E-state index in [4.69, 9.17) is 15.2 Å². The van der Waals surface area contributed by atoms with E-state index < -0.39 is 5.91 Å². The van der Waals surface area contributed by atoms with Crippen molar-refractivity contribution in [3.8, 4) is 17.2 Å². The number of amides is 2. The third-order valence-corrected chi connectivity index (χ3v) is 6.63. The first-order valence-electron chi connectivity index (χ1n) is 12.6. The number of ether oxygens (including phenoxy) is 2. The summed E-state index contributed by atoms with van der Waals surface area (Å²) in [4.78, 5) is 29.5. The second kappa shape index (κ2) is 11.5. The molecule has 3 aromatic rings. The van der Waals surface area contributed by atoms with E-state index in [-0.39, 0.29) is 35.3 Å². The lowest BCUT2D eigenvalue weighted by atomic mass is 9.98. The van der Waals surface area contributed by atoms with E-state index in [1.807, 2.05) is 68.3 Å². The quantitative estimate of drug-likeness (QED) is 0.472. The minimum atomic E-state index is -0.612. The highest BCUT2D eigenvalue weighted by molar-refractivity contribution is 6.03. The Morgan fingerprint density at radius 1 is 1.05 bits per heavy atom. The average molecular weight is 502 g/mol. The van der Waals surface area contributed by atoms with Gasteiger partial charge in [-0.1, -0.05) is 43.3 Å². The van der Waals surface area contributed by atoms with Crippen LogP contribution >= 0.6 is 0 Å².